The predicted molar refractivity (Wildman–Crippen MR) is 132 cm³/mol. The van der Waals surface area contributed by atoms with Gasteiger partial charge in [0.2, 0.25) is 0 Å². The van der Waals surface area contributed by atoms with Gasteiger partial charge in [-0.15, -0.1) is 0 Å². The number of benzene rings is 3. The van der Waals surface area contributed by atoms with Crippen molar-refractivity contribution >= 4 is 11.6 Å². The molecule has 0 bridgehead atoms. The first-order chi connectivity index (χ1) is 16.1. The molecule has 1 amide bonds. The summed E-state index contributed by atoms with van der Waals surface area (Å²) in [6.45, 7) is 7.09. The highest BCUT2D eigenvalue weighted by atomic mass is 16.5. The lowest BCUT2D eigenvalue weighted by Crippen LogP contribution is -2.32. The number of rotatable bonds is 12. The third-order valence-electron chi connectivity index (χ3n) is 5.46. The van der Waals surface area contributed by atoms with Crippen LogP contribution in [0.2, 0.25) is 0 Å². The molecular formula is C28H33NO4. The van der Waals surface area contributed by atoms with Crippen LogP contribution in [0.5, 0.6) is 17.2 Å². The number of amides is 1. The largest absolute Gasteiger partial charge is 0.490 e. The van der Waals surface area contributed by atoms with Crippen molar-refractivity contribution in [1.82, 2.24) is 0 Å². The number of hydrogen-bond donors (Lipinski definition) is 1. The van der Waals surface area contributed by atoms with Gasteiger partial charge in [-0.1, -0.05) is 63.2 Å². The third kappa shape index (κ3) is 7.28. The number of carbonyl (C=O) groups excluding carboxylic acids is 1. The van der Waals surface area contributed by atoms with Crippen LogP contribution in [-0.2, 0) is 4.79 Å². The maximum atomic E-state index is 12.9. The topological polar surface area (TPSA) is 56.8 Å². The van der Waals surface area contributed by atoms with Crippen molar-refractivity contribution in [3.63, 3.8) is 0 Å². The Morgan fingerprint density at radius 3 is 2.21 bits per heavy atom. The third-order valence-corrected chi connectivity index (χ3v) is 5.46. The van der Waals surface area contributed by atoms with E-state index in [4.69, 9.17) is 14.2 Å². The van der Waals surface area contributed by atoms with Crippen LogP contribution in [0.3, 0.4) is 0 Å². The number of para-hydroxylation sites is 2. The fourth-order valence-electron chi connectivity index (χ4n) is 3.41. The molecule has 3 aromatic rings. The second-order valence-electron chi connectivity index (χ2n) is 7.89. The molecule has 0 radical (unpaired) electrons. The van der Waals surface area contributed by atoms with Crippen LogP contribution in [-0.4, -0.2) is 25.2 Å². The molecule has 33 heavy (non-hydrogen) atoms. The molecule has 0 aliphatic heterocycles. The smallest absolute Gasteiger partial charge is 0.265 e. The lowest BCUT2D eigenvalue weighted by Gasteiger charge is -2.21. The number of anilines is 1. The van der Waals surface area contributed by atoms with E-state index in [2.05, 4.69) is 25.2 Å². The van der Waals surface area contributed by atoms with Crippen LogP contribution >= 0.6 is 0 Å². The van der Waals surface area contributed by atoms with Gasteiger partial charge in [-0.25, -0.2) is 0 Å². The van der Waals surface area contributed by atoms with Gasteiger partial charge < -0.3 is 19.5 Å². The van der Waals surface area contributed by atoms with Gasteiger partial charge >= 0.3 is 0 Å². The Balaban J connectivity index is 1.55. The van der Waals surface area contributed by atoms with Gasteiger partial charge in [0.1, 0.15) is 30.5 Å². The first kappa shape index (κ1) is 24.2. The summed E-state index contributed by atoms with van der Waals surface area (Å²) < 4.78 is 17.6. The Bertz CT molecular complexity index is 1010. The van der Waals surface area contributed by atoms with Gasteiger partial charge in [0.05, 0.1) is 0 Å². The Hall–Kier alpha value is -3.47. The number of carbonyl (C=O) groups is 1. The Morgan fingerprint density at radius 1 is 0.818 bits per heavy atom. The highest BCUT2D eigenvalue weighted by Gasteiger charge is 2.21. The Morgan fingerprint density at radius 2 is 1.48 bits per heavy atom. The van der Waals surface area contributed by atoms with Crippen LogP contribution in [0.4, 0.5) is 5.69 Å². The lowest BCUT2D eigenvalue weighted by molar-refractivity contribution is -0.122. The van der Waals surface area contributed by atoms with Crippen molar-refractivity contribution < 1.29 is 19.0 Å². The molecule has 3 aromatic carbocycles. The zero-order valence-electron chi connectivity index (χ0n) is 19.6. The van der Waals surface area contributed by atoms with Crippen LogP contribution < -0.4 is 19.5 Å². The summed E-state index contributed by atoms with van der Waals surface area (Å²) in [7, 11) is 0. The maximum Gasteiger partial charge on any atom is 0.265 e. The minimum absolute atomic E-state index is 0.180. The summed E-state index contributed by atoms with van der Waals surface area (Å²) in [6.07, 6.45) is 0.985. The van der Waals surface area contributed by atoms with Crippen molar-refractivity contribution in [2.45, 2.75) is 45.6 Å². The second-order valence-corrected chi connectivity index (χ2v) is 7.89. The van der Waals surface area contributed by atoms with E-state index in [1.807, 2.05) is 73.7 Å². The van der Waals surface area contributed by atoms with Gasteiger partial charge in [0.15, 0.2) is 6.10 Å². The Kier molecular flexibility index (Phi) is 9.19. The first-order valence-corrected chi connectivity index (χ1v) is 11.6. The number of ether oxygens (including phenoxy) is 3. The van der Waals surface area contributed by atoms with E-state index in [0.29, 0.717) is 37.0 Å². The number of hydrogen-bond acceptors (Lipinski definition) is 4. The van der Waals surface area contributed by atoms with Gasteiger partial charge in [-0.05, 0) is 54.7 Å². The van der Waals surface area contributed by atoms with Crippen molar-refractivity contribution in [2.75, 3.05) is 18.5 Å². The molecule has 0 saturated heterocycles. The van der Waals surface area contributed by atoms with Gasteiger partial charge in [0.25, 0.3) is 5.91 Å². The summed E-state index contributed by atoms with van der Waals surface area (Å²) in [6, 6.07) is 24.9. The van der Waals surface area contributed by atoms with E-state index < -0.39 is 6.10 Å². The molecule has 1 N–H and O–H groups in total. The standard InChI is InChI=1S/C28H33NO4/c1-4-21(3)25-16-9-10-17-27(25)33-26(5-2)28(30)29-22-12-11-15-24(20-22)32-19-18-31-23-13-7-6-8-14-23/h6-17,20-21,26H,4-5,18-19H2,1-3H3,(H,29,30). The molecule has 0 fully saturated rings. The lowest BCUT2D eigenvalue weighted by atomic mass is 9.98. The molecule has 5 nitrogen and oxygen atoms in total. The minimum Gasteiger partial charge on any atom is -0.490 e. The van der Waals surface area contributed by atoms with Crippen LogP contribution in [0.1, 0.15) is 45.1 Å². The Labute approximate surface area is 196 Å². The summed E-state index contributed by atoms with van der Waals surface area (Å²) in [4.78, 5) is 12.9. The van der Waals surface area contributed by atoms with E-state index in [1.165, 1.54) is 0 Å². The quantitative estimate of drug-likeness (QED) is 0.324. The van der Waals surface area contributed by atoms with E-state index in [1.54, 1.807) is 6.07 Å². The van der Waals surface area contributed by atoms with E-state index in [-0.39, 0.29) is 5.91 Å². The molecular weight excluding hydrogens is 414 g/mol. The van der Waals surface area contributed by atoms with Gasteiger partial charge in [0, 0.05) is 11.8 Å². The van der Waals surface area contributed by atoms with Crippen LogP contribution in [0.15, 0.2) is 78.9 Å². The molecule has 0 spiro atoms. The summed E-state index contributed by atoms with van der Waals surface area (Å²) >= 11 is 0. The van der Waals surface area contributed by atoms with Crippen LogP contribution in [0.25, 0.3) is 0 Å². The molecule has 0 aliphatic carbocycles. The maximum absolute atomic E-state index is 12.9. The van der Waals surface area contributed by atoms with Crippen molar-refractivity contribution in [1.29, 1.82) is 0 Å². The minimum atomic E-state index is -0.584. The van der Waals surface area contributed by atoms with Gasteiger partial charge in [-0.2, -0.15) is 0 Å². The zero-order valence-corrected chi connectivity index (χ0v) is 19.6. The van der Waals surface area contributed by atoms with E-state index in [0.717, 1.165) is 23.5 Å². The molecule has 174 valence electrons. The average molecular weight is 448 g/mol. The molecule has 2 unspecified atom stereocenters. The monoisotopic (exact) mass is 447 g/mol. The fourth-order valence-corrected chi connectivity index (χ4v) is 3.41. The summed E-state index contributed by atoms with van der Waals surface area (Å²) in [5.41, 5.74) is 1.79. The average Bonchev–Trinajstić information content (AvgIpc) is 2.85. The molecule has 3 rings (SSSR count). The highest BCUT2D eigenvalue weighted by Crippen LogP contribution is 2.29. The first-order valence-electron chi connectivity index (χ1n) is 11.6. The van der Waals surface area contributed by atoms with E-state index in [9.17, 15) is 4.79 Å². The van der Waals surface area contributed by atoms with Crippen molar-refractivity contribution in [2.24, 2.45) is 0 Å². The molecule has 0 saturated carbocycles. The van der Waals surface area contributed by atoms with Crippen molar-refractivity contribution in [3.05, 3.63) is 84.4 Å². The van der Waals surface area contributed by atoms with E-state index >= 15 is 0 Å². The molecule has 5 heteroatoms. The normalized spacial score (nSPS) is 12.5. The highest BCUT2D eigenvalue weighted by molar-refractivity contribution is 5.94. The number of nitrogens with one attached hydrogen (secondary N) is 1. The second kappa shape index (κ2) is 12.5. The SMILES string of the molecule is CCC(Oc1ccccc1C(C)CC)C(=O)Nc1cccc(OCCOc2ccccc2)c1. The van der Waals surface area contributed by atoms with Crippen LogP contribution in [0, 0.1) is 0 Å². The molecule has 0 aliphatic rings. The summed E-state index contributed by atoms with van der Waals surface area (Å²) in [5, 5.41) is 2.96. The van der Waals surface area contributed by atoms with Gasteiger partial charge in [-0.3, -0.25) is 4.79 Å². The fraction of sp³-hybridized carbons (Fsp3) is 0.321. The zero-order chi connectivity index (χ0) is 23.5. The predicted octanol–water partition coefficient (Wildman–Crippen LogP) is 6.45. The molecule has 0 aromatic heterocycles. The molecule has 0 heterocycles. The molecule has 2 atom stereocenters. The summed E-state index contributed by atoms with van der Waals surface area (Å²) in [5.74, 6) is 2.43. The van der Waals surface area contributed by atoms with Crippen molar-refractivity contribution in [3.8, 4) is 17.2 Å².